The van der Waals surface area contributed by atoms with E-state index in [0.717, 1.165) is 5.56 Å². The Labute approximate surface area is 173 Å². The number of benzene rings is 2. The number of carbonyl (C=O) groups is 2. The third-order valence-corrected chi connectivity index (χ3v) is 5.52. The van der Waals surface area contributed by atoms with E-state index in [1.807, 2.05) is 6.92 Å². The number of amidine groups is 1. The monoisotopic (exact) mass is 415 g/mol. The van der Waals surface area contributed by atoms with Gasteiger partial charge in [-0.15, -0.1) is 0 Å². The fourth-order valence-electron chi connectivity index (χ4n) is 2.82. The molecule has 1 aliphatic rings. The number of amides is 2. The van der Waals surface area contributed by atoms with E-state index in [9.17, 15) is 14.0 Å². The molecule has 1 unspecified atom stereocenters. The summed E-state index contributed by atoms with van der Waals surface area (Å²) in [6.45, 7) is 2.58. The van der Waals surface area contributed by atoms with Crippen molar-refractivity contribution in [3.63, 3.8) is 0 Å². The van der Waals surface area contributed by atoms with Gasteiger partial charge in [-0.2, -0.15) is 0 Å². The highest BCUT2D eigenvalue weighted by Crippen LogP contribution is 2.30. The van der Waals surface area contributed by atoms with Crippen LogP contribution in [-0.4, -0.2) is 40.8 Å². The van der Waals surface area contributed by atoms with Crippen molar-refractivity contribution in [1.29, 1.82) is 0 Å². The van der Waals surface area contributed by atoms with Crippen molar-refractivity contribution in [2.75, 3.05) is 13.7 Å². The van der Waals surface area contributed by atoms with Gasteiger partial charge in [-0.1, -0.05) is 23.9 Å². The largest absolute Gasteiger partial charge is 0.497 e. The average molecular weight is 415 g/mol. The van der Waals surface area contributed by atoms with Gasteiger partial charge in [0.1, 0.15) is 11.6 Å². The second-order valence-corrected chi connectivity index (χ2v) is 7.57. The van der Waals surface area contributed by atoms with E-state index in [1.54, 1.807) is 43.5 Å². The molecule has 1 fully saturated rings. The Kier molecular flexibility index (Phi) is 6.87. The molecular formula is C21H22FN3O3S. The van der Waals surface area contributed by atoms with Crippen molar-refractivity contribution in [1.82, 2.24) is 10.2 Å². The third-order valence-electron chi connectivity index (χ3n) is 4.33. The van der Waals surface area contributed by atoms with Crippen LogP contribution >= 0.6 is 11.8 Å². The number of rotatable bonds is 6. The van der Waals surface area contributed by atoms with Gasteiger partial charge in [0.25, 0.3) is 0 Å². The van der Waals surface area contributed by atoms with Crippen LogP contribution in [0, 0.1) is 5.82 Å². The summed E-state index contributed by atoms with van der Waals surface area (Å²) in [5, 5.41) is 2.66. The molecule has 2 aromatic carbocycles. The first-order chi connectivity index (χ1) is 14.0. The fraction of sp³-hybridized carbons (Fsp3) is 0.286. The highest BCUT2D eigenvalue weighted by Gasteiger charge is 2.35. The normalized spacial score (nSPS) is 18.0. The molecule has 0 aromatic heterocycles. The lowest BCUT2D eigenvalue weighted by molar-refractivity contribution is -0.130. The van der Waals surface area contributed by atoms with Crippen molar-refractivity contribution in [2.45, 2.75) is 25.1 Å². The zero-order valence-corrected chi connectivity index (χ0v) is 17.0. The van der Waals surface area contributed by atoms with Gasteiger partial charge in [0.15, 0.2) is 5.17 Å². The molecule has 1 atom stereocenters. The Hall–Kier alpha value is -2.87. The van der Waals surface area contributed by atoms with Crippen LogP contribution in [0.4, 0.5) is 10.1 Å². The number of hydrogen-bond acceptors (Lipinski definition) is 5. The molecule has 1 aliphatic heterocycles. The highest BCUT2D eigenvalue weighted by molar-refractivity contribution is 8.15. The Morgan fingerprint density at radius 1 is 1.24 bits per heavy atom. The van der Waals surface area contributed by atoms with Crippen LogP contribution in [0.15, 0.2) is 53.5 Å². The quantitative estimate of drug-likeness (QED) is 0.784. The van der Waals surface area contributed by atoms with Crippen molar-refractivity contribution >= 4 is 34.4 Å². The summed E-state index contributed by atoms with van der Waals surface area (Å²) in [5.41, 5.74) is 1.42. The lowest BCUT2D eigenvalue weighted by Gasteiger charge is -2.31. The Morgan fingerprint density at radius 3 is 2.55 bits per heavy atom. The second kappa shape index (κ2) is 9.56. The van der Waals surface area contributed by atoms with Gasteiger partial charge in [0.05, 0.1) is 24.6 Å². The molecule has 0 radical (unpaired) electrons. The molecule has 1 heterocycles. The highest BCUT2D eigenvalue weighted by atomic mass is 32.2. The lowest BCUT2D eigenvalue weighted by atomic mass is 10.2. The van der Waals surface area contributed by atoms with Gasteiger partial charge < -0.3 is 10.1 Å². The van der Waals surface area contributed by atoms with Gasteiger partial charge in [0, 0.05) is 13.0 Å². The molecule has 2 aromatic rings. The molecule has 3 rings (SSSR count). The Morgan fingerprint density at radius 2 is 1.93 bits per heavy atom. The fourth-order valence-corrected chi connectivity index (χ4v) is 3.95. The SMILES string of the molecule is CCNC(=O)C1CC(=O)N(Cc2ccc(F)cc2)C(=Nc2ccc(OC)cc2)S1. The molecule has 0 spiro atoms. The minimum absolute atomic E-state index is 0.0827. The van der Waals surface area contributed by atoms with Crippen LogP contribution in [0.5, 0.6) is 5.75 Å². The van der Waals surface area contributed by atoms with E-state index in [1.165, 1.54) is 28.8 Å². The summed E-state index contributed by atoms with van der Waals surface area (Å²) >= 11 is 1.26. The van der Waals surface area contributed by atoms with E-state index >= 15 is 0 Å². The summed E-state index contributed by atoms with van der Waals surface area (Å²) < 4.78 is 18.4. The number of nitrogens with zero attached hydrogens (tertiary/aromatic N) is 2. The van der Waals surface area contributed by atoms with E-state index < -0.39 is 5.25 Å². The summed E-state index contributed by atoms with van der Waals surface area (Å²) in [7, 11) is 1.58. The van der Waals surface area contributed by atoms with Crippen LogP contribution in [-0.2, 0) is 16.1 Å². The molecule has 6 nitrogen and oxygen atoms in total. The number of halogens is 1. The lowest BCUT2D eigenvalue weighted by Crippen LogP contribution is -2.46. The standard InChI is InChI=1S/C21H22FN3O3S/c1-3-23-20(27)18-12-19(26)25(13-14-4-6-15(22)7-5-14)21(29-18)24-16-8-10-17(28-2)11-9-16/h4-11,18H,3,12-13H2,1-2H3,(H,23,27). The number of carbonyl (C=O) groups excluding carboxylic acids is 2. The van der Waals surface area contributed by atoms with Crippen molar-refractivity contribution in [3.05, 3.63) is 59.9 Å². The molecule has 1 saturated heterocycles. The summed E-state index contributed by atoms with van der Waals surface area (Å²) in [6.07, 6.45) is 0.0827. The first-order valence-corrected chi connectivity index (χ1v) is 10.1. The first-order valence-electron chi connectivity index (χ1n) is 9.22. The zero-order valence-electron chi connectivity index (χ0n) is 16.2. The van der Waals surface area contributed by atoms with Crippen molar-refractivity contribution < 1.29 is 18.7 Å². The predicted octanol–water partition coefficient (Wildman–Crippen LogP) is 3.49. The predicted molar refractivity (Wildman–Crippen MR) is 112 cm³/mol. The van der Waals surface area contributed by atoms with Crippen molar-refractivity contribution in [3.8, 4) is 5.75 Å². The number of nitrogens with one attached hydrogen (secondary N) is 1. The molecule has 8 heteroatoms. The topological polar surface area (TPSA) is 71.0 Å². The van der Waals surface area contributed by atoms with E-state index in [4.69, 9.17) is 4.74 Å². The first kappa shape index (κ1) is 20.9. The average Bonchev–Trinajstić information content (AvgIpc) is 2.72. The van der Waals surface area contributed by atoms with Crippen LogP contribution < -0.4 is 10.1 Å². The molecule has 2 amide bonds. The maximum absolute atomic E-state index is 13.2. The molecule has 0 saturated carbocycles. The van der Waals surface area contributed by atoms with Gasteiger partial charge in [-0.3, -0.25) is 14.5 Å². The minimum atomic E-state index is -0.538. The number of aliphatic imine (C=N–C) groups is 1. The van der Waals surface area contributed by atoms with Crippen LogP contribution in [0.2, 0.25) is 0 Å². The smallest absolute Gasteiger partial charge is 0.234 e. The van der Waals surface area contributed by atoms with Crippen LogP contribution in [0.25, 0.3) is 0 Å². The van der Waals surface area contributed by atoms with Crippen molar-refractivity contribution in [2.24, 2.45) is 4.99 Å². The summed E-state index contributed by atoms with van der Waals surface area (Å²) in [5.74, 6) is -0.0208. The molecule has 29 heavy (non-hydrogen) atoms. The van der Waals surface area contributed by atoms with E-state index in [-0.39, 0.29) is 30.6 Å². The summed E-state index contributed by atoms with van der Waals surface area (Å²) in [4.78, 5) is 31.3. The maximum Gasteiger partial charge on any atom is 0.234 e. The molecule has 0 bridgehead atoms. The molecule has 1 N–H and O–H groups in total. The van der Waals surface area contributed by atoms with E-state index in [0.29, 0.717) is 23.1 Å². The number of ether oxygens (including phenoxy) is 1. The second-order valence-electron chi connectivity index (χ2n) is 6.40. The molecule has 0 aliphatic carbocycles. The third kappa shape index (κ3) is 5.35. The van der Waals surface area contributed by atoms with E-state index in [2.05, 4.69) is 10.3 Å². The van der Waals surface area contributed by atoms with Crippen LogP contribution in [0.3, 0.4) is 0 Å². The summed E-state index contributed by atoms with van der Waals surface area (Å²) in [6, 6.07) is 13.1. The van der Waals surface area contributed by atoms with Gasteiger partial charge in [-0.05, 0) is 48.9 Å². The van der Waals surface area contributed by atoms with Gasteiger partial charge >= 0.3 is 0 Å². The number of thioether (sulfide) groups is 1. The van der Waals surface area contributed by atoms with Crippen LogP contribution in [0.1, 0.15) is 18.9 Å². The molecule has 152 valence electrons. The van der Waals surface area contributed by atoms with Gasteiger partial charge in [-0.25, -0.2) is 9.38 Å². The Balaban J connectivity index is 1.90. The van der Waals surface area contributed by atoms with Gasteiger partial charge in [0.2, 0.25) is 11.8 Å². The molecular weight excluding hydrogens is 393 g/mol. The Bertz CT molecular complexity index is 900. The maximum atomic E-state index is 13.2. The number of methoxy groups -OCH3 is 1. The number of hydrogen-bond donors (Lipinski definition) is 1. The minimum Gasteiger partial charge on any atom is -0.497 e. The zero-order chi connectivity index (χ0) is 20.8.